The number of rotatable bonds is 8. The van der Waals surface area contributed by atoms with E-state index in [9.17, 15) is 18.0 Å². The van der Waals surface area contributed by atoms with Crippen LogP contribution in [0.1, 0.15) is 19.3 Å². The first-order valence-corrected chi connectivity index (χ1v) is 11.6. The molecule has 1 aliphatic rings. The van der Waals surface area contributed by atoms with Crippen LogP contribution in [0, 0.1) is 0 Å². The standard InChI is InChI=1S/C21H23ClN2O6S/c22-16-7-9-18(10-8-16)29-15-21(26)30-14-20(25)23-17-5-4-6-19(13-17)31(27,28)24-11-2-1-3-12-24/h4-10,13H,1-3,11-12,14-15H2,(H,23,25). The van der Waals surface area contributed by atoms with Crippen LogP contribution in [0.2, 0.25) is 5.02 Å². The van der Waals surface area contributed by atoms with Gasteiger partial charge in [-0.05, 0) is 55.3 Å². The molecule has 0 atom stereocenters. The summed E-state index contributed by atoms with van der Waals surface area (Å²) in [6.45, 7) is 0.102. The summed E-state index contributed by atoms with van der Waals surface area (Å²) in [7, 11) is -3.61. The second kappa shape index (κ2) is 10.6. The molecule has 1 heterocycles. The van der Waals surface area contributed by atoms with Gasteiger partial charge in [-0.2, -0.15) is 4.31 Å². The molecule has 3 rings (SSSR count). The van der Waals surface area contributed by atoms with Crippen LogP contribution in [-0.4, -0.2) is 50.9 Å². The van der Waals surface area contributed by atoms with Gasteiger partial charge in [0, 0.05) is 23.8 Å². The number of ether oxygens (including phenoxy) is 2. The van der Waals surface area contributed by atoms with Gasteiger partial charge >= 0.3 is 5.97 Å². The SMILES string of the molecule is O=C(COC(=O)COc1ccc(Cl)cc1)Nc1cccc(S(=O)(=O)N2CCCCC2)c1. The summed E-state index contributed by atoms with van der Waals surface area (Å²) in [5.74, 6) is -0.864. The largest absolute Gasteiger partial charge is 0.482 e. The predicted octanol–water partition coefficient (Wildman–Crippen LogP) is 3.08. The molecular weight excluding hydrogens is 444 g/mol. The normalized spacial score (nSPS) is 14.6. The number of piperidine rings is 1. The van der Waals surface area contributed by atoms with Gasteiger partial charge in [-0.1, -0.05) is 24.1 Å². The van der Waals surface area contributed by atoms with Gasteiger partial charge in [0.15, 0.2) is 13.2 Å². The van der Waals surface area contributed by atoms with Crippen LogP contribution in [0.5, 0.6) is 5.75 Å². The molecule has 0 bridgehead atoms. The molecule has 1 saturated heterocycles. The molecule has 0 aliphatic carbocycles. The highest BCUT2D eigenvalue weighted by Gasteiger charge is 2.26. The van der Waals surface area contributed by atoms with E-state index >= 15 is 0 Å². The number of carbonyl (C=O) groups is 2. The number of nitrogens with zero attached hydrogens (tertiary/aromatic N) is 1. The summed E-state index contributed by atoms with van der Waals surface area (Å²) in [5.41, 5.74) is 0.302. The van der Waals surface area contributed by atoms with E-state index in [2.05, 4.69) is 5.32 Å². The van der Waals surface area contributed by atoms with Gasteiger partial charge < -0.3 is 14.8 Å². The molecule has 0 unspecified atom stereocenters. The summed E-state index contributed by atoms with van der Waals surface area (Å²) in [6, 6.07) is 12.5. The van der Waals surface area contributed by atoms with Gasteiger partial charge in [-0.3, -0.25) is 4.79 Å². The van der Waals surface area contributed by atoms with Crippen molar-refractivity contribution >= 4 is 39.2 Å². The Morgan fingerprint density at radius 3 is 2.42 bits per heavy atom. The summed E-state index contributed by atoms with van der Waals surface area (Å²) in [4.78, 5) is 24.0. The zero-order chi connectivity index (χ0) is 22.3. The maximum absolute atomic E-state index is 12.8. The number of nitrogens with one attached hydrogen (secondary N) is 1. The summed E-state index contributed by atoms with van der Waals surface area (Å²) in [6.07, 6.45) is 2.69. The maximum Gasteiger partial charge on any atom is 0.344 e. The molecular formula is C21H23ClN2O6S. The van der Waals surface area contributed by atoms with Crippen molar-refractivity contribution in [2.45, 2.75) is 24.2 Å². The monoisotopic (exact) mass is 466 g/mol. The average molecular weight is 467 g/mol. The van der Waals surface area contributed by atoms with Gasteiger partial charge in [0.1, 0.15) is 5.75 Å². The molecule has 10 heteroatoms. The highest BCUT2D eigenvalue weighted by Crippen LogP contribution is 2.23. The van der Waals surface area contributed by atoms with Crippen molar-refractivity contribution in [3.8, 4) is 5.75 Å². The van der Waals surface area contributed by atoms with E-state index in [1.54, 1.807) is 36.4 Å². The summed E-state index contributed by atoms with van der Waals surface area (Å²) in [5, 5.41) is 3.08. The van der Waals surface area contributed by atoms with Crippen molar-refractivity contribution in [2.24, 2.45) is 0 Å². The number of halogens is 1. The molecule has 2 aromatic rings. The minimum atomic E-state index is -3.61. The second-order valence-corrected chi connectivity index (χ2v) is 9.32. The number of hydrogen-bond donors (Lipinski definition) is 1. The van der Waals surface area contributed by atoms with Gasteiger partial charge in [0.2, 0.25) is 10.0 Å². The fourth-order valence-electron chi connectivity index (χ4n) is 3.05. The molecule has 0 saturated carbocycles. The zero-order valence-corrected chi connectivity index (χ0v) is 18.3. The molecule has 2 aromatic carbocycles. The van der Waals surface area contributed by atoms with Gasteiger partial charge in [0.05, 0.1) is 4.90 Å². The quantitative estimate of drug-likeness (QED) is 0.600. The lowest BCUT2D eigenvalue weighted by molar-refractivity contribution is -0.149. The van der Waals surface area contributed by atoms with Crippen LogP contribution in [0.15, 0.2) is 53.4 Å². The zero-order valence-electron chi connectivity index (χ0n) is 16.8. The number of sulfonamides is 1. The van der Waals surface area contributed by atoms with Crippen molar-refractivity contribution in [2.75, 3.05) is 31.6 Å². The lowest BCUT2D eigenvalue weighted by Crippen LogP contribution is -2.35. The third-order valence-corrected chi connectivity index (χ3v) is 6.75. The molecule has 1 amide bonds. The third-order valence-electron chi connectivity index (χ3n) is 4.61. The number of benzene rings is 2. The Hall–Kier alpha value is -2.62. The van der Waals surface area contributed by atoms with E-state index in [0.29, 0.717) is 29.5 Å². The van der Waals surface area contributed by atoms with E-state index in [4.69, 9.17) is 21.1 Å². The maximum atomic E-state index is 12.8. The number of hydrogen-bond acceptors (Lipinski definition) is 6. The molecule has 1 fully saturated rings. The molecule has 0 aromatic heterocycles. The number of anilines is 1. The Labute approximate surface area is 186 Å². The lowest BCUT2D eigenvalue weighted by Gasteiger charge is -2.26. The molecule has 166 valence electrons. The minimum Gasteiger partial charge on any atom is -0.482 e. The predicted molar refractivity (Wildman–Crippen MR) is 116 cm³/mol. The highest BCUT2D eigenvalue weighted by atomic mass is 35.5. The van der Waals surface area contributed by atoms with Crippen molar-refractivity contribution in [3.05, 3.63) is 53.6 Å². The Balaban J connectivity index is 1.49. The van der Waals surface area contributed by atoms with E-state index < -0.39 is 28.5 Å². The molecule has 1 N–H and O–H groups in total. The van der Waals surface area contributed by atoms with Crippen LogP contribution in [-0.2, 0) is 24.3 Å². The van der Waals surface area contributed by atoms with Crippen LogP contribution >= 0.6 is 11.6 Å². The number of carbonyl (C=O) groups excluding carboxylic acids is 2. The van der Waals surface area contributed by atoms with Gasteiger partial charge in [0.25, 0.3) is 5.91 Å². The lowest BCUT2D eigenvalue weighted by atomic mass is 10.2. The van der Waals surface area contributed by atoms with Crippen LogP contribution < -0.4 is 10.1 Å². The van der Waals surface area contributed by atoms with Crippen molar-refractivity contribution in [1.29, 1.82) is 0 Å². The second-order valence-electron chi connectivity index (χ2n) is 6.94. The first-order valence-electron chi connectivity index (χ1n) is 9.79. The molecule has 31 heavy (non-hydrogen) atoms. The van der Waals surface area contributed by atoms with E-state index in [0.717, 1.165) is 19.3 Å². The highest BCUT2D eigenvalue weighted by molar-refractivity contribution is 7.89. The Morgan fingerprint density at radius 2 is 1.71 bits per heavy atom. The molecule has 1 aliphatic heterocycles. The smallest absolute Gasteiger partial charge is 0.344 e. The third kappa shape index (κ3) is 6.68. The minimum absolute atomic E-state index is 0.112. The van der Waals surface area contributed by atoms with E-state index in [-0.39, 0.29) is 11.5 Å². The van der Waals surface area contributed by atoms with Crippen LogP contribution in [0.3, 0.4) is 0 Å². The summed E-state index contributed by atoms with van der Waals surface area (Å²) < 4.78 is 37.1. The van der Waals surface area contributed by atoms with E-state index in [1.165, 1.54) is 16.4 Å². The van der Waals surface area contributed by atoms with Crippen molar-refractivity contribution < 1.29 is 27.5 Å². The molecule has 0 spiro atoms. The van der Waals surface area contributed by atoms with E-state index in [1.807, 2.05) is 0 Å². The topological polar surface area (TPSA) is 102 Å². The fourth-order valence-corrected chi connectivity index (χ4v) is 4.74. The molecule has 8 nitrogen and oxygen atoms in total. The summed E-state index contributed by atoms with van der Waals surface area (Å²) >= 11 is 5.77. The van der Waals surface area contributed by atoms with Gasteiger partial charge in [-0.15, -0.1) is 0 Å². The fraction of sp³-hybridized carbons (Fsp3) is 0.333. The average Bonchev–Trinajstić information content (AvgIpc) is 2.78. The number of amides is 1. The van der Waals surface area contributed by atoms with Crippen molar-refractivity contribution in [1.82, 2.24) is 4.31 Å². The first-order chi connectivity index (χ1) is 14.8. The first kappa shape index (κ1) is 23.1. The van der Waals surface area contributed by atoms with Crippen molar-refractivity contribution in [3.63, 3.8) is 0 Å². The Morgan fingerprint density at radius 1 is 1.00 bits per heavy atom. The Bertz CT molecular complexity index is 1020. The Kier molecular flexibility index (Phi) is 7.89. The van der Waals surface area contributed by atoms with Gasteiger partial charge in [-0.25, -0.2) is 13.2 Å². The molecule has 0 radical (unpaired) electrons. The van der Waals surface area contributed by atoms with Crippen LogP contribution in [0.25, 0.3) is 0 Å². The van der Waals surface area contributed by atoms with Crippen LogP contribution in [0.4, 0.5) is 5.69 Å². The number of esters is 1.